The van der Waals surface area contributed by atoms with Crippen molar-refractivity contribution in [2.75, 3.05) is 0 Å². The Balaban J connectivity index is 3.41. The van der Waals surface area contributed by atoms with Gasteiger partial charge in [-0.1, -0.05) is 0 Å². The molecule has 0 saturated carbocycles. The van der Waals surface area contributed by atoms with Crippen molar-refractivity contribution in [3.63, 3.8) is 0 Å². The summed E-state index contributed by atoms with van der Waals surface area (Å²) in [5, 5.41) is 8.46. The highest BCUT2D eigenvalue weighted by molar-refractivity contribution is 5.78. The van der Waals surface area contributed by atoms with Crippen molar-refractivity contribution in [1.29, 1.82) is 5.26 Å². The summed E-state index contributed by atoms with van der Waals surface area (Å²) < 4.78 is 37.6. The number of hydrogen-bond acceptors (Lipinski definition) is 2. The molecule has 0 spiro atoms. The van der Waals surface area contributed by atoms with E-state index in [-0.39, 0.29) is 12.7 Å². The summed E-state index contributed by atoms with van der Waals surface area (Å²) in [4.78, 5) is 10.5. The maximum Gasteiger partial charge on any atom is 0.417 e. The van der Waals surface area contributed by atoms with Crippen LogP contribution in [-0.4, -0.2) is 6.29 Å². The molecule has 0 bridgehead atoms. The monoisotopic (exact) mass is 227 g/mol. The predicted molar refractivity (Wildman–Crippen MR) is 50.9 cm³/mol. The van der Waals surface area contributed by atoms with Gasteiger partial charge in [0.15, 0.2) is 6.29 Å². The largest absolute Gasteiger partial charge is 0.417 e. The fourth-order valence-electron chi connectivity index (χ4n) is 1.39. The lowest BCUT2D eigenvalue weighted by molar-refractivity contribution is -0.137. The number of rotatable bonds is 2. The van der Waals surface area contributed by atoms with Crippen LogP contribution >= 0.6 is 0 Å². The highest BCUT2D eigenvalue weighted by atomic mass is 19.4. The Bertz CT molecular complexity index is 458. The molecule has 0 amide bonds. The topological polar surface area (TPSA) is 40.9 Å². The Kier molecular flexibility index (Phi) is 3.33. The number of aryl methyl sites for hydroxylation is 1. The quantitative estimate of drug-likeness (QED) is 0.729. The number of carbonyl (C=O) groups is 1. The van der Waals surface area contributed by atoms with E-state index in [1.165, 1.54) is 0 Å². The van der Waals surface area contributed by atoms with Crippen molar-refractivity contribution in [3.8, 4) is 6.07 Å². The van der Waals surface area contributed by atoms with Crippen molar-refractivity contribution in [1.82, 2.24) is 0 Å². The summed E-state index contributed by atoms with van der Waals surface area (Å²) in [5.41, 5.74) is -0.581. The molecule has 0 aliphatic heterocycles. The van der Waals surface area contributed by atoms with Gasteiger partial charge in [-0.15, -0.1) is 0 Å². The molecule has 0 saturated heterocycles. The van der Waals surface area contributed by atoms with Gasteiger partial charge in [0.2, 0.25) is 0 Å². The number of alkyl halides is 3. The van der Waals surface area contributed by atoms with E-state index in [0.29, 0.717) is 11.1 Å². The van der Waals surface area contributed by atoms with Crippen molar-refractivity contribution < 1.29 is 18.0 Å². The van der Waals surface area contributed by atoms with E-state index in [0.717, 1.165) is 12.1 Å². The van der Waals surface area contributed by atoms with Gasteiger partial charge in [0, 0.05) is 5.56 Å². The Morgan fingerprint density at radius 2 is 2.06 bits per heavy atom. The number of hydrogen-bond donors (Lipinski definition) is 0. The third-order valence-electron chi connectivity index (χ3n) is 2.21. The van der Waals surface area contributed by atoms with Crippen LogP contribution in [0.15, 0.2) is 12.1 Å². The van der Waals surface area contributed by atoms with E-state index in [4.69, 9.17) is 5.26 Å². The molecular formula is C11H8F3NO. The number of nitrogens with zero attached hydrogens (tertiary/aromatic N) is 1. The molecule has 1 aromatic rings. The fraction of sp³-hybridized carbons (Fsp3) is 0.273. The Morgan fingerprint density at radius 1 is 1.44 bits per heavy atom. The first-order chi connectivity index (χ1) is 7.40. The van der Waals surface area contributed by atoms with Crippen LogP contribution in [0.1, 0.15) is 27.0 Å². The smallest absolute Gasteiger partial charge is 0.298 e. The number of aldehydes is 1. The van der Waals surface area contributed by atoms with Crippen LogP contribution in [0.3, 0.4) is 0 Å². The zero-order valence-electron chi connectivity index (χ0n) is 8.43. The van der Waals surface area contributed by atoms with Crippen molar-refractivity contribution in [2.45, 2.75) is 19.5 Å². The number of carbonyl (C=O) groups excluding carboxylic acids is 1. The van der Waals surface area contributed by atoms with Crippen molar-refractivity contribution in [2.24, 2.45) is 0 Å². The molecule has 1 aromatic carbocycles. The lowest BCUT2D eigenvalue weighted by atomic mass is 9.98. The molecule has 0 aliphatic rings. The van der Waals surface area contributed by atoms with Crippen molar-refractivity contribution >= 4 is 6.29 Å². The van der Waals surface area contributed by atoms with Gasteiger partial charge >= 0.3 is 6.18 Å². The van der Waals surface area contributed by atoms with E-state index in [1.54, 1.807) is 13.0 Å². The SMILES string of the molecule is Cc1cc(C=O)c(C(F)(F)F)cc1CC#N. The molecule has 0 aromatic heterocycles. The minimum absolute atomic E-state index is 0.103. The summed E-state index contributed by atoms with van der Waals surface area (Å²) in [5.74, 6) is 0. The average molecular weight is 227 g/mol. The summed E-state index contributed by atoms with van der Waals surface area (Å²) >= 11 is 0. The Morgan fingerprint density at radius 3 is 2.50 bits per heavy atom. The average Bonchev–Trinajstić information content (AvgIpc) is 2.19. The van der Waals surface area contributed by atoms with Gasteiger partial charge in [-0.2, -0.15) is 18.4 Å². The molecule has 2 nitrogen and oxygen atoms in total. The van der Waals surface area contributed by atoms with E-state index in [2.05, 4.69) is 0 Å². The van der Waals surface area contributed by atoms with Crippen molar-refractivity contribution in [3.05, 3.63) is 34.4 Å². The normalized spacial score (nSPS) is 10.9. The van der Waals surface area contributed by atoms with Crippen LogP contribution in [0.4, 0.5) is 13.2 Å². The molecule has 0 aliphatic carbocycles. The van der Waals surface area contributed by atoms with Gasteiger partial charge in [-0.3, -0.25) is 4.79 Å². The molecule has 0 N–H and O–H groups in total. The molecule has 84 valence electrons. The standard InChI is InChI=1S/C11H8F3NO/c1-7-4-9(6-16)10(11(12,13)14)5-8(7)2-3-15/h4-6H,2H2,1H3. The lowest BCUT2D eigenvalue weighted by Crippen LogP contribution is -2.10. The highest BCUT2D eigenvalue weighted by Gasteiger charge is 2.33. The van der Waals surface area contributed by atoms with Crippen LogP contribution in [-0.2, 0) is 12.6 Å². The highest BCUT2D eigenvalue weighted by Crippen LogP contribution is 2.33. The van der Waals surface area contributed by atoms with Gasteiger partial charge in [-0.25, -0.2) is 0 Å². The molecular weight excluding hydrogens is 219 g/mol. The first-order valence-corrected chi connectivity index (χ1v) is 4.43. The summed E-state index contributed by atoms with van der Waals surface area (Å²) in [6.07, 6.45) is -4.51. The maximum atomic E-state index is 12.5. The number of benzene rings is 1. The third kappa shape index (κ3) is 2.40. The van der Waals surface area contributed by atoms with E-state index in [9.17, 15) is 18.0 Å². The van der Waals surface area contributed by atoms with Crippen LogP contribution < -0.4 is 0 Å². The van der Waals surface area contributed by atoms with E-state index in [1.807, 2.05) is 0 Å². The second kappa shape index (κ2) is 4.35. The van der Waals surface area contributed by atoms with Gasteiger partial charge in [0.05, 0.1) is 18.1 Å². The Hall–Kier alpha value is -1.83. The minimum Gasteiger partial charge on any atom is -0.298 e. The van der Waals surface area contributed by atoms with E-state index >= 15 is 0 Å². The molecule has 1 rings (SSSR count). The zero-order valence-corrected chi connectivity index (χ0v) is 8.43. The Labute approximate surface area is 90.3 Å². The van der Waals surface area contributed by atoms with Gasteiger partial charge in [0.1, 0.15) is 0 Å². The third-order valence-corrected chi connectivity index (χ3v) is 2.21. The minimum atomic E-state index is -4.58. The van der Waals surface area contributed by atoms with E-state index < -0.39 is 17.3 Å². The zero-order chi connectivity index (χ0) is 12.3. The molecule has 0 heterocycles. The summed E-state index contributed by atoms with van der Waals surface area (Å²) in [7, 11) is 0. The van der Waals surface area contributed by atoms with Crippen LogP contribution in [0.25, 0.3) is 0 Å². The van der Waals surface area contributed by atoms with Crippen LogP contribution in [0.5, 0.6) is 0 Å². The molecule has 5 heteroatoms. The van der Waals surface area contributed by atoms with Crippen LogP contribution in [0.2, 0.25) is 0 Å². The van der Waals surface area contributed by atoms with Gasteiger partial charge in [-0.05, 0) is 30.2 Å². The molecule has 0 atom stereocenters. The number of nitriles is 1. The molecule has 0 unspecified atom stereocenters. The number of halogens is 3. The predicted octanol–water partition coefficient (Wildman–Crippen LogP) is 2.89. The maximum absolute atomic E-state index is 12.5. The van der Waals surface area contributed by atoms with Crippen LogP contribution in [0, 0.1) is 18.3 Å². The first kappa shape index (κ1) is 12.2. The first-order valence-electron chi connectivity index (χ1n) is 4.43. The molecule has 0 radical (unpaired) electrons. The summed E-state index contributed by atoms with van der Waals surface area (Å²) in [6.45, 7) is 1.57. The molecule has 0 fully saturated rings. The fourth-order valence-corrected chi connectivity index (χ4v) is 1.39. The lowest BCUT2D eigenvalue weighted by Gasteiger charge is -2.12. The van der Waals surface area contributed by atoms with Gasteiger partial charge < -0.3 is 0 Å². The van der Waals surface area contributed by atoms with Gasteiger partial charge in [0.25, 0.3) is 0 Å². The second-order valence-corrected chi connectivity index (χ2v) is 3.32. The second-order valence-electron chi connectivity index (χ2n) is 3.32. The molecule has 16 heavy (non-hydrogen) atoms. The summed E-state index contributed by atoms with van der Waals surface area (Å²) in [6, 6.07) is 3.80.